The largest absolute Gasteiger partial charge is 0.510 e. The van der Waals surface area contributed by atoms with Gasteiger partial charge in [-0.25, -0.2) is 0 Å². The number of phenols is 2. The molecule has 10 nitrogen and oxygen atoms in total. The van der Waals surface area contributed by atoms with Crippen LogP contribution in [-0.4, -0.2) is 56.7 Å². The molecule has 0 bridgehead atoms. The van der Waals surface area contributed by atoms with Gasteiger partial charge in [0, 0.05) is 24.2 Å². The van der Waals surface area contributed by atoms with Crippen LogP contribution in [0.25, 0.3) is 11.8 Å². The molecule has 1 saturated carbocycles. The van der Waals surface area contributed by atoms with Crippen molar-refractivity contribution < 1.29 is 44.7 Å². The lowest BCUT2D eigenvalue weighted by Crippen LogP contribution is -2.53. The molecule has 214 valence electrons. The van der Waals surface area contributed by atoms with Crippen LogP contribution in [0.15, 0.2) is 53.3 Å². The highest BCUT2D eigenvalue weighted by molar-refractivity contribution is 6.22. The lowest BCUT2D eigenvalue weighted by atomic mass is 9.52. The molecule has 1 unspecified atom stereocenters. The SMILES string of the molecule is COc1cccc(C/C=C\c2ccc(O)c3c2C[C@H]2C[C@H]4CC(=O)C(C(N)=O)=C(O)C4(CCO)C(=O)C2=C3O)c1O. The first-order chi connectivity index (χ1) is 19.6. The van der Waals surface area contributed by atoms with Crippen LogP contribution >= 0.6 is 0 Å². The number of allylic oxidation sites excluding steroid dienone is 3. The standard InChI is InChI=1S/C31H31NO9/c1-41-22-7-3-6-16(26(22)36)5-2-4-15-8-9-20(34)24-19(15)13-17-12-18-14-21(35)25(30(32)40)29(39)31(18,10-11-33)28(38)23(17)27(24)37/h2-4,6-9,17-18,33-34,36-37,39H,5,10-14H2,1H3,(H2,32,40)/b4-2-/t17-,18+,31?/m1/s1. The van der Waals surface area contributed by atoms with E-state index in [2.05, 4.69) is 0 Å². The van der Waals surface area contributed by atoms with Crippen LogP contribution in [0, 0.1) is 17.3 Å². The number of benzene rings is 2. The van der Waals surface area contributed by atoms with Crippen LogP contribution in [0.2, 0.25) is 0 Å². The molecule has 7 N–H and O–H groups in total. The molecule has 0 aromatic heterocycles. The normalized spacial score (nSPS) is 23.9. The highest BCUT2D eigenvalue weighted by Crippen LogP contribution is 2.57. The van der Waals surface area contributed by atoms with Gasteiger partial charge in [0.25, 0.3) is 5.91 Å². The number of carbonyl (C=O) groups excluding carboxylic acids is 3. The molecular formula is C31H31NO9. The minimum Gasteiger partial charge on any atom is -0.510 e. The maximum atomic E-state index is 14.1. The summed E-state index contributed by atoms with van der Waals surface area (Å²) in [6.07, 6.45) is 3.97. The van der Waals surface area contributed by atoms with Crippen LogP contribution in [0.1, 0.15) is 41.5 Å². The van der Waals surface area contributed by atoms with Crippen LogP contribution in [0.3, 0.4) is 0 Å². The number of methoxy groups -OCH3 is 1. The number of ether oxygens (including phenoxy) is 1. The lowest BCUT2D eigenvalue weighted by Gasteiger charge is -2.49. The van der Waals surface area contributed by atoms with Crippen molar-refractivity contribution in [3.63, 3.8) is 0 Å². The Balaban J connectivity index is 1.58. The van der Waals surface area contributed by atoms with Gasteiger partial charge in [-0.1, -0.05) is 30.4 Å². The predicted octanol–water partition coefficient (Wildman–Crippen LogP) is 3.03. The number of primary amides is 1. The van der Waals surface area contributed by atoms with E-state index < -0.39 is 58.4 Å². The summed E-state index contributed by atoms with van der Waals surface area (Å²) in [5.41, 5.74) is 4.89. The second-order valence-electron chi connectivity index (χ2n) is 10.7. The van der Waals surface area contributed by atoms with Gasteiger partial charge in [0.15, 0.2) is 23.1 Å². The number of nitrogens with two attached hydrogens (primary N) is 1. The number of aliphatic hydroxyl groups is 3. The number of ketones is 2. The number of para-hydroxylation sites is 1. The minimum absolute atomic E-state index is 0.0235. The van der Waals surface area contributed by atoms with E-state index in [1.807, 2.05) is 6.08 Å². The van der Waals surface area contributed by atoms with Crippen molar-refractivity contribution in [1.29, 1.82) is 0 Å². The molecule has 0 radical (unpaired) electrons. The Morgan fingerprint density at radius 3 is 2.56 bits per heavy atom. The minimum atomic E-state index is -1.80. The molecule has 5 rings (SSSR count). The Morgan fingerprint density at radius 2 is 1.88 bits per heavy atom. The topological polar surface area (TPSA) is 188 Å². The van der Waals surface area contributed by atoms with Crippen molar-refractivity contribution in [3.05, 3.63) is 75.6 Å². The monoisotopic (exact) mass is 561 g/mol. The van der Waals surface area contributed by atoms with E-state index in [4.69, 9.17) is 10.5 Å². The fourth-order valence-electron chi connectivity index (χ4n) is 6.75. The number of hydrogen-bond acceptors (Lipinski definition) is 9. The smallest absolute Gasteiger partial charge is 0.255 e. The van der Waals surface area contributed by atoms with Crippen molar-refractivity contribution in [2.75, 3.05) is 13.7 Å². The first kappa shape index (κ1) is 28.0. The molecule has 0 spiro atoms. The summed E-state index contributed by atoms with van der Waals surface area (Å²) in [6, 6.07) is 8.27. The molecule has 0 heterocycles. The first-order valence-electron chi connectivity index (χ1n) is 13.3. The quantitative estimate of drug-likeness (QED) is 0.276. The molecule has 3 aliphatic rings. The molecular weight excluding hydrogens is 530 g/mol. The Bertz CT molecular complexity index is 1570. The zero-order valence-corrected chi connectivity index (χ0v) is 22.4. The third-order valence-corrected chi connectivity index (χ3v) is 8.65. The molecule has 3 atom stereocenters. The van der Waals surface area contributed by atoms with Crippen molar-refractivity contribution in [3.8, 4) is 17.2 Å². The maximum absolute atomic E-state index is 14.1. The molecule has 1 amide bonds. The number of Topliss-reactive ketones (excluding diaryl/α,β-unsaturated/α-hetero) is 2. The Labute approximate surface area is 235 Å². The third-order valence-electron chi connectivity index (χ3n) is 8.65. The molecule has 41 heavy (non-hydrogen) atoms. The predicted molar refractivity (Wildman–Crippen MR) is 148 cm³/mol. The van der Waals surface area contributed by atoms with Crippen molar-refractivity contribution in [2.45, 2.75) is 32.1 Å². The Kier molecular flexibility index (Phi) is 7.12. The molecule has 2 aromatic carbocycles. The summed E-state index contributed by atoms with van der Waals surface area (Å²) < 4.78 is 5.16. The Morgan fingerprint density at radius 1 is 1.12 bits per heavy atom. The van der Waals surface area contributed by atoms with Gasteiger partial charge in [-0.15, -0.1) is 0 Å². The van der Waals surface area contributed by atoms with Crippen LogP contribution in [0.5, 0.6) is 17.2 Å². The number of fused-ring (bicyclic) bond motifs is 3. The van der Waals surface area contributed by atoms with Crippen molar-refractivity contribution in [1.82, 2.24) is 0 Å². The number of rotatable bonds is 7. The average molecular weight is 562 g/mol. The van der Waals surface area contributed by atoms with E-state index in [0.29, 0.717) is 28.9 Å². The number of phenolic OH excluding ortho intramolecular Hbond substituents is 2. The second-order valence-corrected chi connectivity index (χ2v) is 10.7. The van der Waals surface area contributed by atoms with Gasteiger partial charge in [-0.2, -0.15) is 0 Å². The van der Waals surface area contributed by atoms with E-state index in [1.54, 1.807) is 30.3 Å². The van der Waals surface area contributed by atoms with Crippen molar-refractivity contribution in [2.24, 2.45) is 23.0 Å². The fourth-order valence-corrected chi connectivity index (χ4v) is 6.75. The summed E-state index contributed by atoms with van der Waals surface area (Å²) >= 11 is 0. The molecule has 0 aliphatic heterocycles. The van der Waals surface area contributed by atoms with Crippen LogP contribution < -0.4 is 10.5 Å². The van der Waals surface area contributed by atoms with Crippen LogP contribution in [-0.2, 0) is 27.2 Å². The van der Waals surface area contributed by atoms with E-state index in [-0.39, 0.29) is 48.3 Å². The number of amides is 1. The van der Waals surface area contributed by atoms with E-state index >= 15 is 0 Å². The second kappa shape index (κ2) is 10.4. The number of aliphatic hydroxyl groups excluding tert-OH is 3. The highest BCUT2D eigenvalue weighted by atomic mass is 16.5. The Hall–Kier alpha value is -4.57. The zero-order valence-electron chi connectivity index (χ0n) is 22.4. The van der Waals surface area contributed by atoms with E-state index in [1.165, 1.54) is 13.2 Å². The van der Waals surface area contributed by atoms with Gasteiger partial charge in [0.05, 0.1) is 18.1 Å². The first-order valence-corrected chi connectivity index (χ1v) is 13.3. The third kappa shape index (κ3) is 4.26. The summed E-state index contributed by atoms with van der Waals surface area (Å²) in [4.78, 5) is 38.9. The number of aromatic hydroxyl groups is 2. The fraction of sp³-hybridized carbons (Fsp3) is 0.323. The van der Waals surface area contributed by atoms with Gasteiger partial charge in [-0.05, 0) is 60.8 Å². The van der Waals surface area contributed by atoms with Gasteiger partial charge in [-0.3, -0.25) is 14.4 Å². The van der Waals surface area contributed by atoms with Crippen LogP contribution in [0.4, 0.5) is 0 Å². The zero-order chi connectivity index (χ0) is 29.6. The van der Waals surface area contributed by atoms with E-state index in [0.717, 1.165) is 0 Å². The number of hydrogen-bond donors (Lipinski definition) is 6. The molecule has 0 saturated heterocycles. The lowest BCUT2D eigenvalue weighted by molar-refractivity contribution is -0.136. The summed E-state index contributed by atoms with van der Waals surface area (Å²) in [6.45, 7) is -0.523. The molecule has 3 aliphatic carbocycles. The summed E-state index contributed by atoms with van der Waals surface area (Å²) in [5, 5.41) is 53.5. The van der Waals surface area contributed by atoms with Gasteiger partial charge in [0.2, 0.25) is 0 Å². The highest BCUT2D eigenvalue weighted by Gasteiger charge is 2.60. The van der Waals surface area contributed by atoms with Gasteiger partial charge >= 0.3 is 0 Å². The average Bonchev–Trinajstić information content (AvgIpc) is 2.92. The summed E-state index contributed by atoms with van der Waals surface area (Å²) in [7, 11) is 1.47. The molecule has 1 fully saturated rings. The summed E-state index contributed by atoms with van der Waals surface area (Å²) in [5.74, 6) is -4.88. The van der Waals surface area contributed by atoms with Gasteiger partial charge in [0.1, 0.15) is 22.8 Å². The molecule has 2 aromatic rings. The van der Waals surface area contributed by atoms with Crippen molar-refractivity contribution >= 4 is 29.3 Å². The molecule has 10 heteroatoms. The van der Waals surface area contributed by atoms with E-state index in [9.17, 15) is 39.9 Å². The number of carbonyl (C=O) groups is 3. The van der Waals surface area contributed by atoms with Gasteiger partial charge < -0.3 is 36.0 Å². The maximum Gasteiger partial charge on any atom is 0.255 e.